The summed E-state index contributed by atoms with van der Waals surface area (Å²) in [5, 5.41) is 4.29. The average molecular weight is 390 g/mol. The van der Waals surface area contributed by atoms with E-state index in [0.717, 1.165) is 16.8 Å². The summed E-state index contributed by atoms with van der Waals surface area (Å²) in [6, 6.07) is 9.65. The molecule has 1 aliphatic heterocycles. The number of amidine groups is 1. The predicted octanol–water partition coefficient (Wildman–Crippen LogP) is 2.00. The fourth-order valence-electron chi connectivity index (χ4n) is 3.30. The number of aryl methyl sites for hydroxylation is 1. The minimum absolute atomic E-state index is 0.106. The van der Waals surface area contributed by atoms with E-state index in [1.165, 1.54) is 6.20 Å². The van der Waals surface area contributed by atoms with Crippen molar-refractivity contribution in [2.75, 3.05) is 13.2 Å². The molecule has 8 nitrogen and oxygen atoms in total. The Morgan fingerprint density at radius 3 is 2.83 bits per heavy atom. The normalized spacial score (nSPS) is 19.0. The Morgan fingerprint density at radius 1 is 1.28 bits per heavy atom. The highest BCUT2D eigenvalue weighted by atomic mass is 16.5. The molecule has 2 N–H and O–H groups in total. The molecule has 0 saturated carbocycles. The third kappa shape index (κ3) is 4.07. The van der Waals surface area contributed by atoms with Crippen molar-refractivity contribution in [1.82, 2.24) is 19.7 Å². The van der Waals surface area contributed by atoms with Crippen LogP contribution in [0.15, 0.2) is 53.9 Å². The van der Waals surface area contributed by atoms with E-state index in [1.807, 2.05) is 44.2 Å². The molecule has 0 fully saturated rings. The van der Waals surface area contributed by atoms with E-state index in [-0.39, 0.29) is 12.2 Å². The van der Waals surface area contributed by atoms with Gasteiger partial charge in [-0.2, -0.15) is 5.10 Å². The van der Waals surface area contributed by atoms with Crippen LogP contribution in [-0.4, -0.2) is 44.6 Å². The van der Waals surface area contributed by atoms with Crippen molar-refractivity contribution in [2.24, 2.45) is 10.7 Å². The number of carbonyl (C=O) groups excluding carboxylic acids is 1. The number of nitrogens with two attached hydrogens (primary N) is 1. The maximum absolute atomic E-state index is 12.7. The van der Waals surface area contributed by atoms with Crippen LogP contribution in [0.3, 0.4) is 0 Å². The first-order chi connectivity index (χ1) is 13.9. The van der Waals surface area contributed by atoms with Crippen LogP contribution in [0, 0.1) is 6.92 Å². The number of aliphatic imine (C=N–C) groups is 1. The van der Waals surface area contributed by atoms with Gasteiger partial charge in [0, 0.05) is 12.6 Å². The Kier molecular flexibility index (Phi) is 4.94. The number of rotatable bonds is 5. The third-order valence-electron chi connectivity index (χ3n) is 4.82. The van der Waals surface area contributed by atoms with Gasteiger partial charge in [0.15, 0.2) is 11.6 Å². The van der Waals surface area contributed by atoms with Gasteiger partial charge >= 0.3 is 0 Å². The number of benzene rings is 1. The molecular weight excluding hydrogens is 368 g/mol. The second kappa shape index (κ2) is 7.56. The Labute approximate surface area is 168 Å². The highest BCUT2D eigenvalue weighted by Gasteiger charge is 2.30. The van der Waals surface area contributed by atoms with Gasteiger partial charge in [0.1, 0.15) is 23.7 Å². The maximum Gasteiger partial charge on any atom is 0.187 e. The van der Waals surface area contributed by atoms with Crippen molar-refractivity contribution in [3.63, 3.8) is 0 Å². The molecule has 2 aromatic heterocycles. The molecule has 0 saturated heterocycles. The van der Waals surface area contributed by atoms with E-state index in [4.69, 9.17) is 10.5 Å². The van der Waals surface area contributed by atoms with Crippen LogP contribution in [0.1, 0.15) is 34.2 Å². The fraction of sp³-hybridized carbons (Fsp3) is 0.286. The van der Waals surface area contributed by atoms with Crippen molar-refractivity contribution < 1.29 is 9.53 Å². The summed E-state index contributed by atoms with van der Waals surface area (Å²) in [6.07, 6.45) is 5.06. The minimum atomic E-state index is -0.551. The Hall–Kier alpha value is -3.39. The highest BCUT2D eigenvalue weighted by Crippen LogP contribution is 2.29. The lowest BCUT2D eigenvalue weighted by molar-refractivity contribution is 0.0987. The highest BCUT2D eigenvalue weighted by molar-refractivity contribution is 5.95. The number of ether oxygens (including phenoxy) is 1. The van der Waals surface area contributed by atoms with Gasteiger partial charge in [-0.3, -0.25) is 9.79 Å². The van der Waals surface area contributed by atoms with Gasteiger partial charge in [-0.15, -0.1) is 0 Å². The molecule has 0 bridgehead atoms. The Balaban J connectivity index is 1.51. The van der Waals surface area contributed by atoms with Crippen LogP contribution in [0.2, 0.25) is 0 Å². The second-order valence-electron chi connectivity index (χ2n) is 7.33. The monoisotopic (exact) mass is 390 g/mol. The van der Waals surface area contributed by atoms with E-state index in [1.54, 1.807) is 17.1 Å². The number of carbonyl (C=O) groups is 1. The van der Waals surface area contributed by atoms with Crippen molar-refractivity contribution in [3.8, 4) is 5.82 Å². The van der Waals surface area contributed by atoms with Crippen LogP contribution < -0.4 is 5.73 Å². The van der Waals surface area contributed by atoms with Crippen LogP contribution in [0.25, 0.3) is 5.82 Å². The zero-order valence-corrected chi connectivity index (χ0v) is 16.4. The van der Waals surface area contributed by atoms with Crippen molar-refractivity contribution in [3.05, 3.63) is 71.4 Å². The van der Waals surface area contributed by atoms with Gasteiger partial charge in [0.25, 0.3) is 0 Å². The average Bonchev–Trinajstić information content (AvgIpc) is 3.14. The number of nitrogens with zero attached hydrogens (tertiary/aromatic N) is 5. The van der Waals surface area contributed by atoms with Crippen LogP contribution in [0.5, 0.6) is 0 Å². The van der Waals surface area contributed by atoms with E-state index in [9.17, 15) is 4.79 Å². The van der Waals surface area contributed by atoms with Crippen LogP contribution in [0.4, 0.5) is 0 Å². The van der Waals surface area contributed by atoms with Crippen molar-refractivity contribution in [2.45, 2.75) is 25.8 Å². The quantitative estimate of drug-likeness (QED) is 0.668. The van der Waals surface area contributed by atoms with Crippen LogP contribution in [-0.2, 0) is 16.7 Å². The van der Waals surface area contributed by atoms with Gasteiger partial charge < -0.3 is 10.5 Å². The van der Waals surface area contributed by atoms with Gasteiger partial charge in [0.2, 0.25) is 0 Å². The second-order valence-corrected chi connectivity index (χ2v) is 7.33. The van der Waals surface area contributed by atoms with Gasteiger partial charge in [-0.05, 0) is 31.0 Å². The molecule has 29 heavy (non-hydrogen) atoms. The van der Waals surface area contributed by atoms with Crippen molar-refractivity contribution in [1.29, 1.82) is 0 Å². The number of ketones is 1. The summed E-state index contributed by atoms with van der Waals surface area (Å²) in [5.41, 5.74) is 8.33. The summed E-state index contributed by atoms with van der Waals surface area (Å²) in [6.45, 7) is 4.67. The van der Waals surface area contributed by atoms with E-state index in [2.05, 4.69) is 20.1 Å². The lowest BCUT2D eigenvalue weighted by Gasteiger charge is -2.30. The lowest BCUT2D eigenvalue weighted by Crippen LogP contribution is -2.37. The minimum Gasteiger partial charge on any atom is -0.386 e. The molecule has 0 amide bonds. The summed E-state index contributed by atoms with van der Waals surface area (Å²) in [5.74, 6) is 0.936. The Bertz CT molecular complexity index is 1070. The molecule has 0 aliphatic carbocycles. The first-order valence-electron chi connectivity index (χ1n) is 9.32. The molecule has 148 valence electrons. The molecule has 3 heterocycles. The van der Waals surface area contributed by atoms with Gasteiger partial charge in [0.05, 0.1) is 24.7 Å². The van der Waals surface area contributed by atoms with Crippen LogP contribution >= 0.6 is 0 Å². The first-order valence-corrected chi connectivity index (χ1v) is 9.32. The zero-order valence-electron chi connectivity index (χ0n) is 16.4. The summed E-state index contributed by atoms with van der Waals surface area (Å²) in [4.78, 5) is 25.8. The van der Waals surface area contributed by atoms with Gasteiger partial charge in [-0.25, -0.2) is 14.6 Å². The van der Waals surface area contributed by atoms with Gasteiger partial charge in [-0.1, -0.05) is 24.3 Å². The largest absolute Gasteiger partial charge is 0.386 e. The number of Topliss-reactive ketones (excluding diaryl/α,β-unsaturated/α-hetero) is 1. The predicted molar refractivity (Wildman–Crippen MR) is 108 cm³/mol. The van der Waals surface area contributed by atoms with E-state index >= 15 is 0 Å². The summed E-state index contributed by atoms with van der Waals surface area (Å²) in [7, 11) is 0. The molecule has 1 atom stereocenters. The number of hydrogen-bond donors (Lipinski definition) is 1. The summed E-state index contributed by atoms with van der Waals surface area (Å²) >= 11 is 0. The van der Waals surface area contributed by atoms with Crippen molar-refractivity contribution >= 4 is 11.6 Å². The SMILES string of the molecule is Cc1ccn(-c2cnc(C(=O)Cc3cccc(C4(C)COCC(N)=N4)c3)cn2)n1. The molecule has 1 aromatic carbocycles. The molecule has 1 aliphatic rings. The fourth-order valence-corrected chi connectivity index (χ4v) is 3.30. The summed E-state index contributed by atoms with van der Waals surface area (Å²) < 4.78 is 7.17. The zero-order chi connectivity index (χ0) is 20.4. The number of hydrogen-bond acceptors (Lipinski definition) is 7. The topological polar surface area (TPSA) is 108 Å². The molecule has 1 unspecified atom stereocenters. The first kappa shape index (κ1) is 18.9. The maximum atomic E-state index is 12.7. The molecule has 0 radical (unpaired) electrons. The number of aromatic nitrogens is 4. The standard InChI is InChI=1S/C21H22N6O2/c1-14-6-7-27(26-14)20-11-23-17(10-24-20)18(28)9-15-4-3-5-16(8-15)21(2)13-29-12-19(22)25-21/h3-8,10-11H,9,12-13H2,1-2H3,(H2,22,25). The molecule has 3 aromatic rings. The Morgan fingerprint density at radius 2 is 2.14 bits per heavy atom. The third-order valence-corrected chi connectivity index (χ3v) is 4.82. The molecule has 4 rings (SSSR count). The molecular formula is C21H22N6O2. The lowest BCUT2D eigenvalue weighted by atomic mass is 9.90. The van der Waals surface area contributed by atoms with E-state index < -0.39 is 5.54 Å². The smallest absolute Gasteiger partial charge is 0.187 e. The molecule has 8 heteroatoms. The molecule has 0 spiro atoms. The van der Waals surface area contributed by atoms with E-state index in [0.29, 0.717) is 30.6 Å².